The Hall–Kier alpha value is -2.68. The Balaban J connectivity index is 1.51. The second-order valence-corrected chi connectivity index (χ2v) is 13.1. The molecule has 2 heterocycles. The van der Waals surface area contributed by atoms with Crippen molar-refractivity contribution >= 4 is 40.5 Å². The van der Waals surface area contributed by atoms with Crippen molar-refractivity contribution in [1.29, 1.82) is 0 Å². The molecule has 0 radical (unpaired) electrons. The number of benzene rings is 2. The highest BCUT2D eigenvalue weighted by Gasteiger charge is 2.25. The van der Waals surface area contributed by atoms with Gasteiger partial charge in [-0.05, 0) is 94.6 Å². The Morgan fingerprint density at radius 3 is 2.52 bits per heavy atom. The fourth-order valence-electron chi connectivity index (χ4n) is 6.66. The summed E-state index contributed by atoms with van der Waals surface area (Å²) >= 11 is 7.00. The lowest BCUT2D eigenvalue weighted by molar-refractivity contribution is -0.0870. The first kappa shape index (κ1) is 36.2. The summed E-state index contributed by atoms with van der Waals surface area (Å²) in [4.78, 5) is 11.1. The van der Waals surface area contributed by atoms with Gasteiger partial charge in [0.25, 0.3) is 0 Å². The zero-order valence-corrected chi connectivity index (χ0v) is 29.0. The lowest BCUT2D eigenvalue weighted by atomic mass is 9.96. The highest BCUT2D eigenvalue weighted by molar-refractivity contribution is 6.35. The number of amidine groups is 1. The average molecular weight is 650 g/mol. The van der Waals surface area contributed by atoms with E-state index in [2.05, 4.69) is 53.0 Å². The molecule has 2 aliphatic rings. The summed E-state index contributed by atoms with van der Waals surface area (Å²) in [7, 11) is 1.98. The number of ether oxygens (including phenoxy) is 1. The molecular weight excluding hydrogens is 597 g/mol. The van der Waals surface area contributed by atoms with Crippen LogP contribution in [0.5, 0.6) is 0 Å². The van der Waals surface area contributed by atoms with Gasteiger partial charge in [0.2, 0.25) is 0 Å². The van der Waals surface area contributed by atoms with E-state index in [-0.39, 0.29) is 0 Å². The maximum absolute atomic E-state index is 16.3. The van der Waals surface area contributed by atoms with Crippen molar-refractivity contribution < 1.29 is 9.13 Å². The number of aliphatic imine (C=N–C) groups is 2. The Kier molecular flexibility index (Phi) is 14.6. The number of allylic oxidation sites excluding steroid dienone is 4. The number of halogens is 2. The van der Waals surface area contributed by atoms with Gasteiger partial charge in [0, 0.05) is 43.7 Å². The summed E-state index contributed by atoms with van der Waals surface area (Å²) in [5.74, 6) is 0.0303. The van der Waals surface area contributed by atoms with Crippen molar-refractivity contribution in [2.45, 2.75) is 96.4 Å². The van der Waals surface area contributed by atoms with Crippen LogP contribution in [0.2, 0.25) is 0 Å². The predicted octanol–water partition coefficient (Wildman–Crippen LogP) is 8.44. The smallest absolute Gasteiger partial charge is 0.150 e. The number of rotatable bonds is 15. The standard InChI is InChI=1S/C38H53ClFN5O/c1-6-31-25-45(26-32(7-2)46-31)20-11-10-17-37(42-5)43-24-36(40)38(34-16-12-14-28-13-8-9-15-33(28)34)35(39)22-27(3)21-29-18-19-30(44-29)23-41-4/h8-9,12-16,22,24,29-32,41,44H,5-7,10-11,17-21,23,25-26H2,1-4H3/b27-22+,36-24-,38-35+,43-37-. The molecule has 2 saturated heterocycles. The minimum Gasteiger partial charge on any atom is -0.372 e. The quantitative estimate of drug-likeness (QED) is 0.0880. The van der Waals surface area contributed by atoms with E-state index in [9.17, 15) is 0 Å². The van der Waals surface area contributed by atoms with Crippen LogP contribution in [0.15, 0.2) is 81.2 Å². The van der Waals surface area contributed by atoms with E-state index in [4.69, 9.17) is 16.3 Å². The molecule has 0 spiro atoms. The van der Waals surface area contributed by atoms with Crippen LogP contribution in [0.3, 0.4) is 0 Å². The SMILES string of the molecule is C=N\C(CCCCN1CC(CC)OC(CC)C1)=N/C=C(F)/C(=C(Cl)\C=C(/C)CC1CCC(CNC)N1)c1cccc2ccccc12. The van der Waals surface area contributed by atoms with Gasteiger partial charge in [-0.15, -0.1) is 0 Å². The highest BCUT2D eigenvalue weighted by atomic mass is 35.5. The maximum Gasteiger partial charge on any atom is 0.150 e. The van der Waals surface area contributed by atoms with E-state index in [0.717, 1.165) is 93.0 Å². The van der Waals surface area contributed by atoms with Crippen molar-refractivity contribution in [1.82, 2.24) is 15.5 Å². The molecule has 0 aliphatic carbocycles. The second-order valence-electron chi connectivity index (χ2n) is 12.7. The Morgan fingerprint density at radius 2 is 1.80 bits per heavy atom. The van der Waals surface area contributed by atoms with Gasteiger partial charge in [0.15, 0.2) is 5.83 Å². The number of nitrogens with zero attached hydrogens (tertiary/aromatic N) is 3. The zero-order chi connectivity index (χ0) is 32.9. The maximum atomic E-state index is 16.3. The molecule has 2 aromatic carbocycles. The van der Waals surface area contributed by atoms with Crippen LogP contribution in [-0.2, 0) is 4.74 Å². The summed E-state index contributed by atoms with van der Waals surface area (Å²) in [5.41, 5.74) is 2.17. The van der Waals surface area contributed by atoms with E-state index in [0.29, 0.717) is 47.2 Å². The minimum atomic E-state index is -0.496. The van der Waals surface area contributed by atoms with E-state index in [1.54, 1.807) is 0 Å². The van der Waals surface area contributed by atoms with Crippen molar-refractivity contribution in [3.63, 3.8) is 0 Å². The number of nitrogens with one attached hydrogen (secondary N) is 2. The molecule has 2 N–H and O–H groups in total. The number of likely N-dealkylation sites (N-methyl/N-ethyl adjacent to an activating group) is 1. The number of fused-ring (bicyclic) bond motifs is 1. The van der Waals surface area contributed by atoms with E-state index >= 15 is 4.39 Å². The van der Waals surface area contributed by atoms with E-state index < -0.39 is 5.83 Å². The van der Waals surface area contributed by atoms with Crippen molar-refractivity contribution in [3.05, 3.63) is 76.7 Å². The molecule has 0 aromatic heterocycles. The molecule has 46 heavy (non-hydrogen) atoms. The van der Waals surface area contributed by atoms with Gasteiger partial charge in [0.05, 0.1) is 23.4 Å². The van der Waals surface area contributed by atoms with Crippen LogP contribution in [0.25, 0.3) is 16.3 Å². The van der Waals surface area contributed by atoms with Gasteiger partial charge in [-0.25, -0.2) is 14.4 Å². The van der Waals surface area contributed by atoms with Gasteiger partial charge in [-0.2, -0.15) is 0 Å². The molecule has 4 rings (SSSR count). The molecule has 0 bridgehead atoms. The topological polar surface area (TPSA) is 61.2 Å². The zero-order valence-electron chi connectivity index (χ0n) is 28.2. The predicted molar refractivity (Wildman–Crippen MR) is 195 cm³/mol. The van der Waals surface area contributed by atoms with E-state index in [1.807, 2.05) is 55.6 Å². The fourth-order valence-corrected chi connectivity index (χ4v) is 7.04. The monoisotopic (exact) mass is 649 g/mol. The van der Waals surface area contributed by atoms with Crippen LogP contribution >= 0.6 is 11.6 Å². The van der Waals surface area contributed by atoms with Crippen LogP contribution < -0.4 is 10.6 Å². The normalized spacial score (nSPS) is 24.0. The molecule has 2 fully saturated rings. The molecule has 8 heteroatoms. The first-order valence-electron chi connectivity index (χ1n) is 17.1. The third-order valence-electron chi connectivity index (χ3n) is 9.12. The molecular formula is C38H53ClFN5O. The molecule has 4 atom stereocenters. The number of morpholine rings is 1. The van der Waals surface area contributed by atoms with Crippen molar-refractivity contribution in [3.8, 4) is 0 Å². The van der Waals surface area contributed by atoms with Gasteiger partial charge in [-0.3, -0.25) is 4.90 Å². The summed E-state index contributed by atoms with van der Waals surface area (Å²) in [6.45, 7) is 14.1. The Bertz CT molecular complexity index is 1400. The third kappa shape index (κ3) is 10.4. The largest absolute Gasteiger partial charge is 0.372 e. The van der Waals surface area contributed by atoms with Crippen LogP contribution in [-0.4, -0.2) is 75.0 Å². The van der Waals surface area contributed by atoms with Gasteiger partial charge < -0.3 is 15.4 Å². The molecule has 4 unspecified atom stereocenters. The van der Waals surface area contributed by atoms with Crippen LogP contribution in [0.1, 0.15) is 77.7 Å². The summed E-state index contributed by atoms with van der Waals surface area (Å²) in [6.07, 6.45) is 11.5. The first-order chi connectivity index (χ1) is 22.3. The lowest BCUT2D eigenvalue weighted by Gasteiger charge is -2.37. The molecule has 0 amide bonds. The summed E-state index contributed by atoms with van der Waals surface area (Å²) < 4.78 is 22.4. The lowest BCUT2D eigenvalue weighted by Crippen LogP contribution is -2.47. The van der Waals surface area contributed by atoms with E-state index in [1.165, 1.54) is 6.20 Å². The molecule has 250 valence electrons. The Labute approximate surface area is 280 Å². The van der Waals surface area contributed by atoms with Crippen molar-refractivity contribution in [2.75, 3.05) is 33.2 Å². The molecule has 2 aliphatic heterocycles. The first-order valence-corrected chi connectivity index (χ1v) is 17.5. The minimum absolute atomic E-state index is 0.309. The van der Waals surface area contributed by atoms with Crippen molar-refractivity contribution in [2.24, 2.45) is 9.98 Å². The number of unbranched alkanes of at least 4 members (excludes halogenated alkanes) is 1. The number of hydrogen-bond donors (Lipinski definition) is 2. The van der Waals surface area contributed by atoms with Gasteiger partial charge in [-0.1, -0.05) is 73.5 Å². The third-order valence-corrected chi connectivity index (χ3v) is 9.42. The molecule has 2 aromatic rings. The molecule has 6 nitrogen and oxygen atoms in total. The fraction of sp³-hybridized carbons (Fsp3) is 0.526. The molecule has 0 saturated carbocycles. The average Bonchev–Trinajstić information content (AvgIpc) is 3.50. The van der Waals surface area contributed by atoms with Crippen LogP contribution in [0, 0.1) is 0 Å². The highest BCUT2D eigenvalue weighted by Crippen LogP contribution is 2.36. The van der Waals surface area contributed by atoms with Gasteiger partial charge in [0.1, 0.15) is 5.84 Å². The second kappa shape index (κ2) is 18.6. The number of hydrogen-bond acceptors (Lipinski definition) is 5. The Morgan fingerprint density at radius 1 is 1.09 bits per heavy atom. The summed E-state index contributed by atoms with van der Waals surface area (Å²) in [6, 6.07) is 14.7. The van der Waals surface area contributed by atoms with Gasteiger partial charge >= 0.3 is 0 Å². The van der Waals surface area contributed by atoms with Crippen LogP contribution in [0.4, 0.5) is 4.39 Å². The summed E-state index contributed by atoms with van der Waals surface area (Å²) in [5, 5.41) is 9.27.